The Labute approximate surface area is 134 Å². The molecule has 2 aromatic carbocycles. The smallest absolute Gasteiger partial charge is 0.226 e. The molecule has 23 heavy (non-hydrogen) atoms. The molecular formula is C18H19FN2O2. The SMILES string of the molecule is CC(=O)N(CCC(=O)Nc1ccccc1C)c1ccc(F)cc1. The molecule has 0 fully saturated rings. The number of benzene rings is 2. The van der Waals surface area contributed by atoms with Crippen molar-refractivity contribution in [2.75, 3.05) is 16.8 Å². The second-order valence-corrected chi connectivity index (χ2v) is 5.26. The fraction of sp³-hybridized carbons (Fsp3) is 0.222. The maximum Gasteiger partial charge on any atom is 0.226 e. The van der Waals surface area contributed by atoms with Gasteiger partial charge in [-0.15, -0.1) is 0 Å². The largest absolute Gasteiger partial charge is 0.326 e. The van der Waals surface area contributed by atoms with Gasteiger partial charge in [0.2, 0.25) is 11.8 Å². The van der Waals surface area contributed by atoms with E-state index in [9.17, 15) is 14.0 Å². The van der Waals surface area contributed by atoms with E-state index in [1.807, 2.05) is 31.2 Å². The third kappa shape index (κ3) is 4.64. The topological polar surface area (TPSA) is 49.4 Å². The molecule has 0 heterocycles. The molecule has 0 atom stereocenters. The number of halogens is 1. The van der Waals surface area contributed by atoms with Crippen LogP contribution in [0.2, 0.25) is 0 Å². The molecule has 0 radical (unpaired) electrons. The molecule has 2 rings (SSSR count). The summed E-state index contributed by atoms with van der Waals surface area (Å²) in [4.78, 5) is 25.3. The zero-order valence-corrected chi connectivity index (χ0v) is 13.2. The van der Waals surface area contributed by atoms with Crippen LogP contribution in [0.1, 0.15) is 18.9 Å². The Morgan fingerprint density at radius 3 is 2.35 bits per heavy atom. The minimum Gasteiger partial charge on any atom is -0.326 e. The number of nitrogens with zero attached hydrogens (tertiary/aromatic N) is 1. The number of carbonyl (C=O) groups excluding carboxylic acids is 2. The molecule has 0 aliphatic rings. The molecule has 0 saturated heterocycles. The first-order valence-corrected chi connectivity index (χ1v) is 7.36. The highest BCUT2D eigenvalue weighted by atomic mass is 19.1. The molecule has 0 bridgehead atoms. The second kappa shape index (κ2) is 7.54. The van der Waals surface area contributed by atoms with Crippen molar-refractivity contribution in [3.05, 3.63) is 59.9 Å². The average molecular weight is 314 g/mol. The summed E-state index contributed by atoms with van der Waals surface area (Å²) in [5.74, 6) is -0.734. The number of amides is 2. The summed E-state index contributed by atoms with van der Waals surface area (Å²) in [5.41, 5.74) is 2.30. The van der Waals surface area contributed by atoms with Crippen LogP contribution in [-0.2, 0) is 9.59 Å². The molecule has 2 amide bonds. The number of anilines is 2. The Bertz CT molecular complexity index is 698. The van der Waals surface area contributed by atoms with Crippen LogP contribution in [0.25, 0.3) is 0 Å². The fourth-order valence-corrected chi connectivity index (χ4v) is 2.23. The minimum absolute atomic E-state index is 0.158. The van der Waals surface area contributed by atoms with E-state index in [2.05, 4.69) is 5.32 Å². The first-order chi connectivity index (χ1) is 11.0. The van der Waals surface area contributed by atoms with Gasteiger partial charge in [0, 0.05) is 31.3 Å². The number of hydrogen-bond donors (Lipinski definition) is 1. The molecule has 0 unspecified atom stereocenters. The third-order valence-corrected chi connectivity index (χ3v) is 3.50. The highest BCUT2D eigenvalue weighted by Crippen LogP contribution is 2.17. The van der Waals surface area contributed by atoms with E-state index in [0.29, 0.717) is 5.69 Å². The van der Waals surface area contributed by atoms with Crippen molar-refractivity contribution in [2.45, 2.75) is 20.3 Å². The summed E-state index contributed by atoms with van der Waals surface area (Å²) in [6, 6.07) is 13.1. The van der Waals surface area contributed by atoms with Crippen molar-refractivity contribution in [2.24, 2.45) is 0 Å². The highest BCUT2D eigenvalue weighted by molar-refractivity contribution is 5.95. The molecule has 2 aromatic rings. The maximum atomic E-state index is 13.0. The van der Waals surface area contributed by atoms with Gasteiger partial charge < -0.3 is 10.2 Å². The summed E-state index contributed by atoms with van der Waals surface area (Å²) >= 11 is 0. The van der Waals surface area contributed by atoms with E-state index >= 15 is 0 Å². The lowest BCUT2D eigenvalue weighted by molar-refractivity contribution is -0.117. The summed E-state index contributed by atoms with van der Waals surface area (Å²) in [7, 11) is 0. The van der Waals surface area contributed by atoms with Gasteiger partial charge in [-0.05, 0) is 42.8 Å². The summed E-state index contributed by atoms with van der Waals surface area (Å²) in [6.07, 6.45) is 0.158. The van der Waals surface area contributed by atoms with Crippen LogP contribution in [-0.4, -0.2) is 18.4 Å². The van der Waals surface area contributed by atoms with Crippen LogP contribution >= 0.6 is 0 Å². The van der Waals surface area contributed by atoms with Gasteiger partial charge in [-0.3, -0.25) is 9.59 Å². The quantitative estimate of drug-likeness (QED) is 0.918. The zero-order valence-electron chi connectivity index (χ0n) is 13.2. The molecular weight excluding hydrogens is 295 g/mol. The highest BCUT2D eigenvalue weighted by Gasteiger charge is 2.14. The van der Waals surface area contributed by atoms with Gasteiger partial charge in [0.15, 0.2) is 0 Å². The lowest BCUT2D eigenvalue weighted by Crippen LogP contribution is -2.32. The summed E-state index contributed by atoms with van der Waals surface area (Å²) in [6.45, 7) is 3.57. The predicted molar refractivity (Wildman–Crippen MR) is 88.9 cm³/mol. The molecule has 120 valence electrons. The van der Waals surface area contributed by atoms with Gasteiger partial charge in [-0.1, -0.05) is 18.2 Å². The molecule has 0 aliphatic carbocycles. The van der Waals surface area contributed by atoms with Crippen LogP contribution in [0.3, 0.4) is 0 Å². The van der Waals surface area contributed by atoms with Crippen LogP contribution in [0.5, 0.6) is 0 Å². The number of hydrogen-bond acceptors (Lipinski definition) is 2. The summed E-state index contributed by atoms with van der Waals surface area (Å²) in [5, 5.41) is 2.83. The maximum absolute atomic E-state index is 13.0. The number of aryl methyl sites for hydroxylation is 1. The van der Waals surface area contributed by atoms with E-state index in [1.54, 1.807) is 0 Å². The Morgan fingerprint density at radius 1 is 1.09 bits per heavy atom. The van der Waals surface area contributed by atoms with Gasteiger partial charge in [0.1, 0.15) is 5.82 Å². The number of carbonyl (C=O) groups is 2. The molecule has 5 heteroatoms. The Kier molecular flexibility index (Phi) is 5.46. The van der Waals surface area contributed by atoms with Crippen molar-refractivity contribution in [3.8, 4) is 0 Å². The zero-order chi connectivity index (χ0) is 16.8. The lowest BCUT2D eigenvalue weighted by Gasteiger charge is -2.21. The first kappa shape index (κ1) is 16.7. The lowest BCUT2D eigenvalue weighted by atomic mass is 10.2. The third-order valence-electron chi connectivity index (χ3n) is 3.50. The van der Waals surface area contributed by atoms with Gasteiger partial charge in [-0.25, -0.2) is 4.39 Å². The van der Waals surface area contributed by atoms with Crippen LogP contribution in [0.15, 0.2) is 48.5 Å². The Morgan fingerprint density at radius 2 is 1.74 bits per heavy atom. The first-order valence-electron chi connectivity index (χ1n) is 7.36. The van der Waals surface area contributed by atoms with Crippen LogP contribution in [0, 0.1) is 12.7 Å². The number of rotatable bonds is 5. The fourth-order valence-electron chi connectivity index (χ4n) is 2.23. The molecule has 0 aliphatic heterocycles. The van der Waals surface area contributed by atoms with E-state index in [0.717, 1.165) is 11.3 Å². The van der Waals surface area contributed by atoms with Crippen molar-refractivity contribution in [1.29, 1.82) is 0 Å². The molecule has 0 saturated carbocycles. The van der Waals surface area contributed by atoms with Gasteiger partial charge >= 0.3 is 0 Å². The van der Waals surface area contributed by atoms with Gasteiger partial charge in [-0.2, -0.15) is 0 Å². The van der Waals surface area contributed by atoms with Crippen molar-refractivity contribution < 1.29 is 14.0 Å². The molecule has 0 spiro atoms. The Hall–Kier alpha value is -2.69. The summed E-state index contributed by atoms with van der Waals surface area (Å²) < 4.78 is 13.0. The van der Waals surface area contributed by atoms with E-state index in [1.165, 1.54) is 36.1 Å². The minimum atomic E-state index is -0.366. The van der Waals surface area contributed by atoms with Crippen molar-refractivity contribution in [1.82, 2.24) is 0 Å². The van der Waals surface area contributed by atoms with E-state index in [-0.39, 0.29) is 30.6 Å². The number of nitrogens with one attached hydrogen (secondary N) is 1. The molecule has 0 aromatic heterocycles. The monoisotopic (exact) mass is 314 g/mol. The number of para-hydroxylation sites is 1. The van der Waals surface area contributed by atoms with Crippen molar-refractivity contribution >= 4 is 23.2 Å². The van der Waals surface area contributed by atoms with Gasteiger partial charge in [0.05, 0.1) is 0 Å². The second-order valence-electron chi connectivity index (χ2n) is 5.26. The average Bonchev–Trinajstić information content (AvgIpc) is 2.51. The standard InChI is InChI=1S/C18H19FN2O2/c1-13-5-3-4-6-17(13)20-18(23)11-12-21(14(2)22)16-9-7-15(19)8-10-16/h3-10H,11-12H2,1-2H3,(H,20,23). The van der Waals surface area contributed by atoms with E-state index < -0.39 is 0 Å². The van der Waals surface area contributed by atoms with E-state index in [4.69, 9.17) is 0 Å². The normalized spacial score (nSPS) is 10.2. The van der Waals surface area contributed by atoms with Crippen LogP contribution in [0.4, 0.5) is 15.8 Å². The molecule has 4 nitrogen and oxygen atoms in total. The van der Waals surface area contributed by atoms with Gasteiger partial charge in [0.25, 0.3) is 0 Å². The Balaban J connectivity index is 1.99. The predicted octanol–water partition coefficient (Wildman–Crippen LogP) is 3.52. The molecule has 1 N–H and O–H groups in total. The van der Waals surface area contributed by atoms with Crippen molar-refractivity contribution in [3.63, 3.8) is 0 Å². The van der Waals surface area contributed by atoms with Crippen LogP contribution < -0.4 is 10.2 Å².